The predicted octanol–water partition coefficient (Wildman–Crippen LogP) is 2.99. The van der Waals surface area contributed by atoms with Crippen molar-refractivity contribution < 1.29 is 4.39 Å². The summed E-state index contributed by atoms with van der Waals surface area (Å²) >= 11 is 0. The Bertz CT molecular complexity index is 602. The molecule has 3 N–H and O–H groups in total. The summed E-state index contributed by atoms with van der Waals surface area (Å²) in [7, 11) is 0. The van der Waals surface area contributed by atoms with Crippen LogP contribution in [0.1, 0.15) is 29.4 Å². The van der Waals surface area contributed by atoms with E-state index in [2.05, 4.69) is 15.3 Å². The minimum atomic E-state index is -0.145. The number of anilines is 2. The molecule has 20 heavy (non-hydrogen) atoms. The van der Waals surface area contributed by atoms with Gasteiger partial charge in [0, 0.05) is 19.0 Å². The molecule has 0 aliphatic rings. The molecule has 2 aromatic rings. The Morgan fingerprint density at radius 1 is 1.15 bits per heavy atom. The van der Waals surface area contributed by atoms with Gasteiger partial charge in [0.2, 0.25) is 0 Å². The second-order valence-corrected chi connectivity index (χ2v) is 4.84. The zero-order valence-electron chi connectivity index (χ0n) is 12.0. The van der Waals surface area contributed by atoms with Crippen molar-refractivity contribution in [2.24, 2.45) is 0 Å². The Kier molecular flexibility index (Phi) is 4.17. The SMILES string of the molecule is CCc1nc(N)cc(NCc2cc(C)c(F)c(C)c2)n1. The van der Waals surface area contributed by atoms with Crippen LogP contribution in [0.3, 0.4) is 0 Å². The summed E-state index contributed by atoms with van der Waals surface area (Å²) in [4.78, 5) is 8.48. The Hall–Kier alpha value is -2.17. The lowest BCUT2D eigenvalue weighted by Gasteiger charge is -2.10. The molecular weight excluding hydrogens is 255 g/mol. The molecule has 0 radical (unpaired) electrons. The fourth-order valence-corrected chi connectivity index (χ4v) is 2.10. The lowest BCUT2D eigenvalue weighted by Crippen LogP contribution is -2.07. The quantitative estimate of drug-likeness (QED) is 0.899. The molecule has 1 heterocycles. The van der Waals surface area contributed by atoms with Crippen LogP contribution in [-0.4, -0.2) is 9.97 Å². The van der Waals surface area contributed by atoms with Gasteiger partial charge in [-0.25, -0.2) is 14.4 Å². The Labute approximate surface area is 118 Å². The first-order valence-corrected chi connectivity index (χ1v) is 6.62. The number of nitrogens with two attached hydrogens (primary N) is 1. The number of nitrogens with one attached hydrogen (secondary N) is 1. The molecule has 0 spiro atoms. The number of aromatic nitrogens is 2. The molecule has 0 saturated carbocycles. The lowest BCUT2D eigenvalue weighted by atomic mass is 10.1. The van der Waals surface area contributed by atoms with E-state index >= 15 is 0 Å². The average Bonchev–Trinajstić information content (AvgIpc) is 2.41. The summed E-state index contributed by atoms with van der Waals surface area (Å²) in [6.07, 6.45) is 0.731. The third-order valence-electron chi connectivity index (χ3n) is 3.08. The molecule has 1 aromatic carbocycles. The highest BCUT2D eigenvalue weighted by molar-refractivity contribution is 5.45. The van der Waals surface area contributed by atoms with Crippen LogP contribution in [0, 0.1) is 19.7 Å². The van der Waals surface area contributed by atoms with E-state index in [1.807, 2.05) is 19.1 Å². The average molecular weight is 274 g/mol. The molecular formula is C15H19FN4. The first-order chi connectivity index (χ1) is 9.49. The Balaban J connectivity index is 2.14. The molecule has 0 aliphatic heterocycles. The van der Waals surface area contributed by atoms with Gasteiger partial charge < -0.3 is 11.1 Å². The molecule has 5 heteroatoms. The molecule has 0 bridgehead atoms. The molecule has 0 unspecified atom stereocenters. The van der Waals surface area contributed by atoms with E-state index in [0.29, 0.717) is 35.1 Å². The highest BCUT2D eigenvalue weighted by Gasteiger charge is 2.05. The number of hydrogen-bond donors (Lipinski definition) is 2. The summed E-state index contributed by atoms with van der Waals surface area (Å²) < 4.78 is 13.6. The van der Waals surface area contributed by atoms with Crippen molar-refractivity contribution in [3.63, 3.8) is 0 Å². The number of hydrogen-bond acceptors (Lipinski definition) is 4. The Morgan fingerprint density at radius 2 is 1.80 bits per heavy atom. The molecule has 0 atom stereocenters. The molecule has 0 aliphatic carbocycles. The van der Waals surface area contributed by atoms with E-state index in [9.17, 15) is 4.39 Å². The lowest BCUT2D eigenvalue weighted by molar-refractivity contribution is 0.608. The maximum absolute atomic E-state index is 13.6. The predicted molar refractivity (Wildman–Crippen MR) is 79.0 cm³/mol. The van der Waals surface area contributed by atoms with Crippen LogP contribution in [0.2, 0.25) is 0 Å². The number of nitrogens with zero attached hydrogens (tertiary/aromatic N) is 2. The highest BCUT2D eigenvalue weighted by atomic mass is 19.1. The monoisotopic (exact) mass is 274 g/mol. The van der Waals surface area contributed by atoms with Crippen LogP contribution in [-0.2, 0) is 13.0 Å². The Morgan fingerprint density at radius 3 is 2.40 bits per heavy atom. The maximum Gasteiger partial charge on any atom is 0.132 e. The summed E-state index contributed by atoms with van der Waals surface area (Å²) in [5.41, 5.74) is 8.04. The van der Waals surface area contributed by atoms with Crippen molar-refractivity contribution >= 4 is 11.6 Å². The van der Waals surface area contributed by atoms with Gasteiger partial charge in [0.25, 0.3) is 0 Å². The molecule has 0 amide bonds. The van der Waals surface area contributed by atoms with Gasteiger partial charge in [-0.1, -0.05) is 19.1 Å². The second-order valence-electron chi connectivity index (χ2n) is 4.84. The van der Waals surface area contributed by atoms with Gasteiger partial charge in [-0.15, -0.1) is 0 Å². The molecule has 2 rings (SSSR count). The van der Waals surface area contributed by atoms with Crippen LogP contribution < -0.4 is 11.1 Å². The summed E-state index contributed by atoms with van der Waals surface area (Å²) in [6, 6.07) is 5.36. The molecule has 106 valence electrons. The van der Waals surface area contributed by atoms with Crippen molar-refractivity contribution in [2.45, 2.75) is 33.7 Å². The van der Waals surface area contributed by atoms with Crippen LogP contribution >= 0.6 is 0 Å². The van der Waals surface area contributed by atoms with Crippen molar-refractivity contribution in [1.29, 1.82) is 0 Å². The molecule has 1 aromatic heterocycles. The zero-order chi connectivity index (χ0) is 14.7. The van der Waals surface area contributed by atoms with Gasteiger partial charge in [-0.2, -0.15) is 0 Å². The van der Waals surface area contributed by atoms with Gasteiger partial charge in [0.15, 0.2) is 0 Å². The van der Waals surface area contributed by atoms with Gasteiger partial charge in [0.1, 0.15) is 23.3 Å². The smallest absolute Gasteiger partial charge is 0.132 e. The summed E-state index contributed by atoms with van der Waals surface area (Å²) in [5.74, 6) is 1.70. The van der Waals surface area contributed by atoms with Crippen molar-refractivity contribution in [1.82, 2.24) is 9.97 Å². The third kappa shape index (κ3) is 3.23. The topological polar surface area (TPSA) is 63.8 Å². The fraction of sp³-hybridized carbons (Fsp3) is 0.333. The van der Waals surface area contributed by atoms with Gasteiger partial charge in [0.05, 0.1) is 0 Å². The summed E-state index contributed by atoms with van der Waals surface area (Å²) in [6.45, 7) is 6.08. The van der Waals surface area contributed by atoms with Crippen LogP contribution in [0.25, 0.3) is 0 Å². The van der Waals surface area contributed by atoms with E-state index < -0.39 is 0 Å². The number of halogens is 1. The van der Waals surface area contributed by atoms with Crippen molar-refractivity contribution in [2.75, 3.05) is 11.1 Å². The van der Waals surface area contributed by atoms with E-state index in [0.717, 1.165) is 12.0 Å². The highest BCUT2D eigenvalue weighted by Crippen LogP contribution is 2.16. The largest absolute Gasteiger partial charge is 0.384 e. The molecule has 0 fully saturated rings. The van der Waals surface area contributed by atoms with Crippen molar-refractivity contribution in [3.8, 4) is 0 Å². The van der Waals surface area contributed by atoms with Gasteiger partial charge in [-0.3, -0.25) is 0 Å². The van der Waals surface area contributed by atoms with Crippen molar-refractivity contribution in [3.05, 3.63) is 46.5 Å². The first-order valence-electron chi connectivity index (χ1n) is 6.62. The van der Waals surface area contributed by atoms with Gasteiger partial charge >= 0.3 is 0 Å². The maximum atomic E-state index is 13.6. The van der Waals surface area contributed by atoms with E-state index in [4.69, 9.17) is 5.73 Å². The number of rotatable bonds is 4. The minimum absolute atomic E-state index is 0.145. The van der Waals surface area contributed by atoms with Gasteiger partial charge in [-0.05, 0) is 30.5 Å². The number of nitrogen functional groups attached to an aromatic ring is 1. The fourth-order valence-electron chi connectivity index (χ4n) is 2.10. The zero-order valence-corrected chi connectivity index (χ0v) is 12.0. The standard InChI is InChI=1S/C15H19FN4/c1-4-13-19-12(17)7-14(20-13)18-8-11-5-9(2)15(16)10(3)6-11/h5-7H,4,8H2,1-3H3,(H3,17,18,19,20). The van der Waals surface area contributed by atoms with Crippen LogP contribution in [0.5, 0.6) is 0 Å². The third-order valence-corrected chi connectivity index (χ3v) is 3.08. The summed E-state index contributed by atoms with van der Waals surface area (Å²) in [5, 5.41) is 3.20. The number of aryl methyl sites for hydroxylation is 3. The second kappa shape index (κ2) is 5.86. The van der Waals surface area contributed by atoms with Crippen LogP contribution in [0.4, 0.5) is 16.0 Å². The van der Waals surface area contributed by atoms with E-state index in [1.165, 1.54) is 0 Å². The van der Waals surface area contributed by atoms with E-state index in [-0.39, 0.29) is 5.82 Å². The first kappa shape index (κ1) is 14.2. The number of benzene rings is 1. The van der Waals surface area contributed by atoms with E-state index in [1.54, 1.807) is 19.9 Å². The normalized spacial score (nSPS) is 10.6. The molecule has 4 nitrogen and oxygen atoms in total. The minimum Gasteiger partial charge on any atom is -0.384 e. The molecule has 0 saturated heterocycles. The van der Waals surface area contributed by atoms with Crippen LogP contribution in [0.15, 0.2) is 18.2 Å².